The molecule has 0 fully saturated rings. The van der Waals surface area contributed by atoms with Crippen LogP contribution in [0.4, 0.5) is 5.69 Å². The van der Waals surface area contributed by atoms with E-state index in [1.807, 2.05) is 0 Å². The Morgan fingerprint density at radius 2 is 1.96 bits per heavy atom. The van der Waals surface area contributed by atoms with Crippen molar-refractivity contribution in [2.24, 2.45) is 5.73 Å². The summed E-state index contributed by atoms with van der Waals surface area (Å²) < 4.78 is 7.10. The second-order valence-electron chi connectivity index (χ2n) is 5.05. The number of nitro groups is 1. The second-order valence-corrected chi connectivity index (χ2v) is 6.82. The molecule has 0 aliphatic rings. The number of hydrogen-bond donors (Lipinski definition) is 1. The molecule has 1 amide bonds. The van der Waals surface area contributed by atoms with Crippen LogP contribution in [-0.2, 0) is 11.4 Å². The molecule has 0 heterocycles. The van der Waals surface area contributed by atoms with E-state index in [1.54, 1.807) is 30.3 Å². The van der Waals surface area contributed by atoms with E-state index in [2.05, 4.69) is 31.9 Å². The van der Waals surface area contributed by atoms with Crippen molar-refractivity contribution in [3.8, 4) is 11.8 Å². The monoisotopic (exact) mass is 479 g/mol. The van der Waals surface area contributed by atoms with Gasteiger partial charge in [0.1, 0.15) is 24.0 Å². The van der Waals surface area contributed by atoms with Gasteiger partial charge in [0, 0.05) is 22.2 Å². The van der Waals surface area contributed by atoms with Crippen LogP contribution in [0, 0.1) is 21.4 Å². The molecule has 9 heteroatoms. The Kier molecular flexibility index (Phi) is 6.49. The number of nitriles is 1. The summed E-state index contributed by atoms with van der Waals surface area (Å²) in [6.07, 6.45) is 1.34. The van der Waals surface area contributed by atoms with Gasteiger partial charge >= 0.3 is 0 Å². The van der Waals surface area contributed by atoms with Crippen LogP contribution in [0.2, 0.25) is 0 Å². The molecule has 0 saturated carbocycles. The summed E-state index contributed by atoms with van der Waals surface area (Å²) in [5.41, 5.74) is 6.15. The number of benzene rings is 2. The van der Waals surface area contributed by atoms with Crippen LogP contribution in [0.15, 0.2) is 50.9 Å². The van der Waals surface area contributed by atoms with Crippen LogP contribution in [0.5, 0.6) is 5.75 Å². The molecule has 0 radical (unpaired) electrons. The van der Waals surface area contributed by atoms with Crippen LogP contribution in [-0.4, -0.2) is 10.8 Å². The van der Waals surface area contributed by atoms with Gasteiger partial charge in [-0.2, -0.15) is 5.26 Å². The number of rotatable bonds is 6. The highest BCUT2D eigenvalue weighted by Gasteiger charge is 2.13. The quantitative estimate of drug-likeness (QED) is 0.289. The lowest BCUT2D eigenvalue weighted by atomic mass is 10.1. The average molecular weight is 481 g/mol. The highest BCUT2D eigenvalue weighted by Crippen LogP contribution is 2.35. The van der Waals surface area contributed by atoms with Gasteiger partial charge in [-0.05, 0) is 51.8 Å². The molecule has 0 saturated heterocycles. The zero-order valence-corrected chi connectivity index (χ0v) is 16.3. The first-order chi connectivity index (χ1) is 12.3. The number of ether oxygens (including phenoxy) is 1. The van der Waals surface area contributed by atoms with Gasteiger partial charge in [0.05, 0.1) is 9.40 Å². The van der Waals surface area contributed by atoms with Crippen LogP contribution >= 0.6 is 31.9 Å². The Morgan fingerprint density at radius 3 is 2.50 bits per heavy atom. The van der Waals surface area contributed by atoms with Crippen LogP contribution in [0.1, 0.15) is 11.1 Å². The Bertz CT molecular complexity index is 934. The van der Waals surface area contributed by atoms with Gasteiger partial charge in [-0.25, -0.2) is 0 Å². The topological polar surface area (TPSA) is 119 Å². The smallest absolute Gasteiger partial charge is 0.269 e. The Balaban J connectivity index is 2.32. The summed E-state index contributed by atoms with van der Waals surface area (Å²) in [5, 5.41) is 19.7. The Morgan fingerprint density at radius 1 is 1.31 bits per heavy atom. The number of halogens is 2. The predicted octanol–water partition coefficient (Wildman–Crippen LogP) is 4.09. The van der Waals surface area contributed by atoms with Crippen molar-refractivity contribution in [3.63, 3.8) is 0 Å². The molecule has 0 atom stereocenters. The molecule has 2 rings (SSSR count). The molecular formula is C17H11Br2N3O4. The molecule has 2 N–H and O–H groups in total. The third kappa shape index (κ3) is 4.91. The van der Waals surface area contributed by atoms with Gasteiger partial charge in [-0.1, -0.05) is 15.9 Å². The summed E-state index contributed by atoms with van der Waals surface area (Å²) in [6, 6.07) is 11.1. The van der Waals surface area contributed by atoms with Crippen molar-refractivity contribution in [2.75, 3.05) is 0 Å². The van der Waals surface area contributed by atoms with Gasteiger partial charge in [-0.15, -0.1) is 0 Å². The molecular weight excluding hydrogens is 470 g/mol. The first-order valence-corrected chi connectivity index (χ1v) is 8.67. The van der Waals surface area contributed by atoms with E-state index in [0.29, 0.717) is 20.3 Å². The van der Waals surface area contributed by atoms with Crippen LogP contribution in [0.25, 0.3) is 6.08 Å². The highest BCUT2D eigenvalue weighted by molar-refractivity contribution is 9.11. The minimum Gasteiger partial charge on any atom is -0.487 e. The fourth-order valence-electron chi connectivity index (χ4n) is 2.02. The number of non-ortho nitro benzene ring substituents is 1. The molecule has 7 nitrogen and oxygen atoms in total. The van der Waals surface area contributed by atoms with Gasteiger partial charge < -0.3 is 10.5 Å². The summed E-state index contributed by atoms with van der Waals surface area (Å²) in [5.74, 6) is -0.439. The molecule has 0 unspecified atom stereocenters. The molecule has 0 spiro atoms. The van der Waals surface area contributed by atoms with E-state index >= 15 is 0 Å². The van der Waals surface area contributed by atoms with Gasteiger partial charge in [0.25, 0.3) is 11.6 Å². The fourth-order valence-corrected chi connectivity index (χ4v) is 3.40. The largest absolute Gasteiger partial charge is 0.487 e. The summed E-state index contributed by atoms with van der Waals surface area (Å²) in [7, 11) is 0. The molecule has 0 aromatic heterocycles. The lowest BCUT2D eigenvalue weighted by molar-refractivity contribution is -0.384. The maximum Gasteiger partial charge on any atom is 0.269 e. The lowest BCUT2D eigenvalue weighted by Gasteiger charge is -2.12. The van der Waals surface area contributed by atoms with Crippen molar-refractivity contribution < 1.29 is 14.5 Å². The molecule has 0 bridgehead atoms. The third-order valence-electron chi connectivity index (χ3n) is 3.25. The number of carbonyl (C=O) groups is 1. The third-order valence-corrected chi connectivity index (χ3v) is 4.30. The lowest BCUT2D eigenvalue weighted by Crippen LogP contribution is -2.12. The van der Waals surface area contributed by atoms with Crippen molar-refractivity contribution in [3.05, 3.63) is 72.2 Å². The molecule has 0 aliphatic carbocycles. The maximum absolute atomic E-state index is 11.3. The van der Waals surface area contributed by atoms with E-state index in [1.165, 1.54) is 18.2 Å². The van der Waals surface area contributed by atoms with Gasteiger partial charge in [0.15, 0.2) is 0 Å². The van der Waals surface area contributed by atoms with Crippen molar-refractivity contribution in [1.82, 2.24) is 0 Å². The summed E-state index contributed by atoms with van der Waals surface area (Å²) >= 11 is 6.71. The summed E-state index contributed by atoms with van der Waals surface area (Å²) in [4.78, 5) is 21.5. The van der Waals surface area contributed by atoms with E-state index in [-0.39, 0.29) is 17.9 Å². The predicted molar refractivity (Wildman–Crippen MR) is 102 cm³/mol. The second kappa shape index (κ2) is 8.60. The Labute approximate surface area is 165 Å². The number of primary amides is 1. The number of carbonyl (C=O) groups excluding carboxylic acids is 1. The minimum atomic E-state index is -0.843. The van der Waals surface area contributed by atoms with Crippen molar-refractivity contribution in [2.45, 2.75) is 6.61 Å². The van der Waals surface area contributed by atoms with E-state index in [9.17, 15) is 14.9 Å². The van der Waals surface area contributed by atoms with Gasteiger partial charge in [-0.3, -0.25) is 14.9 Å². The number of nitrogens with two attached hydrogens (primary N) is 1. The molecule has 2 aromatic carbocycles. The first-order valence-electron chi connectivity index (χ1n) is 7.08. The maximum atomic E-state index is 11.3. The SMILES string of the molecule is N#CC(=Cc1cc(Br)cc(Br)c1OCc1ccc([N+](=O)[O-])cc1)C(N)=O. The molecule has 2 aromatic rings. The van der Waals surface area contributed by atoms with Gasteiger partial charge in [0.2, 0.25) is 0 Å². The van der Waals surface area contributed by atoms with E-state index in [4.69, 9.17) is 15.7 Å². The standard InChI is InChI=1S/C17H11Br2N3O4/c18-13-6-11(5-12(8-20)17(21)23)16(15(19)7-13)26-9-10-1-3-14(4-2-10)22(24)25/h1-7H,9H2,(H2,21,23). The Hall–Kier alpha value is -2.70. The molecule has 26 heavy (non-hydrogen) atoms. The number of nitrogens with zero attached hydrogens (tertiary/aromatic N) is 2. The normalized spacial score (nSPS) is 10.9. The van der Waals surface area contributed by atoms with Crippen molar-refractivity contribution in [1.29, 1.82) is 5.26 Å². The zero-order chi connectivity index (χ0) is 19.3. The highest BCUT2D eigenvalue weighted by atomic mass is 79.9. The number of amides is 1. The fraction of sp³-hybridized carbons (Fsp3) is 0.0588. The van der Waals surface area contributed by atoms with E-state index in [0.717, 1.165) is 5.56 Å². The summed E-state index contributed by atoms with van der Waals surface area (Å²) in [6.45, 7) is 0.136. The van der Waals surface area contributed by atoms with Crippen LogP contribution in [0.3, 0.4) is 0 Å². The number of hydrogen-bond acceptors (Lipinski definition) is 5. The zero-order valence-electron chi connectivity index (χ0n) is 13.1. The average Bonchev–Trinajstić information content (AvgIpc) is 2.58. The van der Waals surface area contributed by atoms with Crippen molar-refractivity contribution >= 4 is 49.5 Å². The number of nitro benzene ring substituents is 1. The minimum absolute atomic E-state index is 0.0117. The first kappa shape index (κ1) is 19.6. The van der Waals surface area contributed by atoms with E-state index < -0.39 is 10.8 Å². The van der Waals surface area contributed by atoms with Crippen LogP contribution < -0.4 is 10.5 Å². The molecule has 0 aliphatic heterocycles. The molecule has 132 valence electrons.